The molecule has 2 aromatic heterocycles. The van der Waals surface area contributed by atoms with Crippen LogP contribution in [0, 0.1) is 10.1 Å². The van der Waals surface area contributed by atoms with Gasteiger partial charge >= 0.3 is 5.97 Å². The summed E-state index contributed by atoms with van der Waals surface area (Å²) in [6.07, 6.45) is 1.62. The Morgan fingerprint density at radius 2 is 1.88 bits per heavy atom. The van der Waals surface area contributed by atoms with Gasteiger partial charge in [-0.2, -0.15) is 15.4 Å². The van der Waals surface area contributed by atoms with Gasteiger partial charge in [0.1, 0.15) is 17.1 Å². The van der Waals surface area contributed by atoms with Crippen LogP contribution >= 0.6 is 0 Å². The molecule has 0 aliphatic rings. The SMILES string of the molecule is CCOC(=O)c1cc(-c2n[nH]nc2-c2ccc([N+](=O)[O-])cc2)c[nH]1. The fourth-order valence-corrected chi connectivity index (χ4v) is 2.23. The molecule has 122 valence electrons. The van der Waals surface area contributed by atoms with Crippen molar-refractivity contribution in [3.05, 3.63) is 52.3 Å². The Labute approximate surface area is 135 Å². The summed E-state index contributed by atoms with van der Waals surface area (Å²) in [4.78, 5) is 24.8. The molecule has 24 heavy (non-hydrogen) atoms. The van der Waals surface area contributed by atoms with Gasteiger partial charge in [-0.3, -0.25) is 10.1 Å². The lowest BCUT2D eigenvalue weighted by Gasteiger charge is -1.99. The minimum atomic E-state index is -0.467. The standard InChI is InChI=1S/C15H13N5O4/c1-2-24-15(21)12-7-10(8-16-12)14-13(17-19-18-14)9-3-5-11(6-4-9)20(22)23/h3-8,16H,2H2,1H3,(H,17,18,19). The van der Waals surface area contributed by atoms with Gasteiger partial charge in [-0.05, 0) is 25.1 Å². The zero-order valence-corrected chi connectivity index (χ0v) is 12.6. The van der Waals surface area contributed by atoms with Crippen molar-refractivity contribution in [1.29, 1.82) is 0 Å². The molecule has 2 N–H and O–H groups in total. The summed E-state index contributed by atoms with van der Waals surface area (Å²) < 4.78 is 4.93. The van der Waals surface area contributed by atoms with E-state index in [2.05, 4.69) is 20.4 Å². The molecule has 1 aromatic carbocycles. The second-order valence-corrected chi connectivity index (χ2v) is 4.85. The van der Waals surface area contributed by atoms with Crippen LogP contribution in [0.2, 0.25) is 0 Å². The van der Waals surface area contributed by atoms with E-state index in [1.165, 1.54) is 12.1 Å². The Hall–Kier alpha value is -3.49. The predicted octanol–water partition coefficient (Wildman–Crippen LogP) is 2.55. The first-order valence-corrected chi connectivity index (χ1v) is 7.11. The zero-order chi connectivity index (χ0) is 17.1. The minimum absolute atomic E-state index is 0.00460. The third kappa shape index (κ3) is 2.86. The van der Waals surface area contributed by atoms with Crippen molar-refractivity contribution in [3.63, 3.8) is 0 Å². The smallest absolute Gasteiger partial charge is 0.354 e. The monoisotopic (exact) mass is 327 g/mol. The first-order valence-electron chi connectivity index (χ1n) is 7.11. The first kappa shape index (κ1) is 15.4. The molecule has 0 bridgehead atoms. The molecular weight excluding hydrogens is 314 g/mol. The number of esters is 1. The highest BCUT2D eigenvalue weighted by Crippen LogP contribution is 2.29. The Balaban J connectivity index is 1.93. The highest BCUT2D eigenvalue weighted by atomic mass is 16.6. The van der Waals surface area contributed by atoms with Crippen molar-refractivity contribution in [3.8, 4) is 22.5 Å². The number of nitrogens with zero attached hydrogens (tertiary/aromatic N) is 3. The Morgan fingerprint density at radius 1 is 1.21 bits per heavy atom. The molecule has 2 heterocycles. The van der Waals surface area contributed by atoms with Crippen LogP contribution in [0.4, 0.5) is 5.69 Å². The maximum absolute atomic E-state index is 11.7. The van der Waals surface area contributed by atoms with Crippen molar-refractivity contribution in [2.75, 3.05) is 6.61 Å². The molecule has 0 aliphatic carbocycles. The summed E-state index contributed by atoms with van der Waals surface area (Å²) in [6.45, 7) is 2.01. The van der Waals surface area contributed by atoms with E-state index in [9.17, 15) is 14.9 Å². The second kappa shape index (κ2) is 6.32. The molecule has 0 fully saturated rings. The van der Waals surface area contributed by atoms with Crippen LogP contribution < -0.4 is 0 Å². The average Bonchev–Trinajstić information content (AvgIpc) is 3.24. The number of nitrogens with one attached hydrogen (secondary N) is 2. The second-order valence-electron chi connectivity index (χ2n) is 4.85. The lowest BCUT2D eigenvalue weighted by molar-refractivity contribution is -0.384. The third-order valence-electron chi connectivity index (χ3n) is 3.35. The van der Waals surface area contributed by atoms with Crippen LogP contribution in [-0.2, 0) is 4.74 Å². The predicted molar refractivity (Wildman–Crippen MR) is 84.2 cm³/mol. The molecule has 0 saturated carbocycles. The van der Waals surface area contributed by atoms with Gasteiger partial charge in [-0.1, -0.05) is 0 Å². The molecule has 0 saturated heterocycles. The summed E-state index contributed by atoms with van der Waals surface area (Å²) >= 11 is 0. The summed E-state index contributed by atoms with van der Waals surface area (Å²) in [5, 5.41) is 21.5. The van der Waals surface area contributed by atoms with Gasteiger partial charge in [0.25, 0.3) is 5.69 Å². The molecule has 9 heteroatoms. The van der Waals surface area contributed by atoms with E-state index in [1.54, 1.807) is 31.3 Å². The third-order valence-corrected chi connectivity index (χ3v) is 3.35. The van der Waals surface area contributed by atoms with Gasteiger partial charge in [0.05, 0.1) is 11.5 Å². The molecular formula is C15H13N5O4. The highest BCUT2D eigenvalue weighted by Gasteiger charge is 2.17. The lowest BCUT2D eigenvalue weighted by atomic mass is 10.1. The molecule has 0 spiro atoms. The Bertz CT molecular complexity index is 881. The Kier molecular flexibility index (Phi) is 4.06. The molecule has 9 nitrogen and oxygen atoms in total. The van der Waals surface area contributed by atoms with Gasteiger partial charge < -0.3 is 9.72 Å². The molecule has 0 radical (unpaired) electrons. The minimum Gasteiger partial charge on any atom is -0.461 e. The van der Waals surface area contributed by atoms with Crippen LogP contribution in [0.25, 0.3) is 22.5 Å². The summed E-state index contributed by atoms with van der Waals surface area (Å²) in [7, 11) is 0. The number of ether oxygens (including phenoxy) is 1. The maximum atomic E-state index is 11.7. The van der Waals surface area contributed by atoms with Crippen molar-refractivity contribution in [2.45, 2.75) is 6.92 Å². The average molecular weight is 327 g/mol. The lowest BCUT2D eigenvalue weighted by Crippen LogP contribution is -2.04. The number of aromatic amines is 2. The van der Waals surface area contributed by atoms with Crippen molar-refractivity contribution in [2.24, 2.45) is 0 Å². The van der Waals surface area contributed by atoms with E-state index in [1.807, 2.05) is 0 Å². The van der Waals surface area contributed by atoms with Gasteiger partial charge in [-0.15, -0.1) is 0 Å². The molecule has 3 rings (SSSR count). The van der Waals surface area contributed by atoms with Crippen LogP contribution in [0.3, 0.4) is 0 Å². The number of nitro benzene ring substituents is 1. The number of hydrogen-bond acceptors (Lipinski definition) is 6. The number of non-ortho nitro benzene ring substituents is 1. The summed E-state index contributed by atoms with van der Waals surface area (Å²) in [5.74, 6) is -0.455. The number of benzene rings is 1. The van der Waals surface area contributed by atoms with E-state index in [4.69, 9.17) is 4.74 Å². The van der Waals surface area contributed by atoms with Crippen LogP contribution in [0.1, 0.15) is 17.4 Å². The zero-order valence-electron chi connectivity index (χ0n) is 12.6. The molecule has 0 unspecified atom stereocenters. The van der Waals surface area contributed by atoms with Gasteiger partial charge in [0.2, 0.25) is 0 Å². The van der Waals surface area contributed by atoms with E-state index < -0.39 is 10.9 Å². The highest BCUT2D eigenvalue weighted by molar-refractivity contribution is 5.90. The molecule has 0 atom stereocenters. The number of nitro groups is 1. The molecule has 0 amide bonds. The molecule has 0 aliphatic heterocycles. The van der Waals surface area contributed by atoms with Gasteiger partial charge in [0, 0.05) is 29.5 Å². The quantitative estimate of drug-likeness (QED) is 0.421. The number of carbonyl (C=O) groups is 1. The van der Waals surface area contributed by atoms with Crippen LogP contribution in [0.5, 0.6) is 0 Å². The van der Waals surface area contributed by atoms with E-state index >= 15 is 0 Å². The number of aromatic nitrogens is 4. The Morgan fingerprint density at radius 3 is 2.50 bits per heavy atom. The van der Waals surface area contributed by atoms with Crippen LogP contribution in [-0.4, -0.2) is 37.9 Å². The number of H-pyrrole nitrogens is 2. The summed E-state index contributed by atoms with van der Waals surface area (Å²) in [5.41, 5.74) is 2.68. The largest absolute Gasteiger partial charge is 0.461 e. The topological polar surface area (TPSA) is 127 Å². The van der Waals surface area contributed by atoms with Crippen molar-refractivity contribution >= 4 is 11.7 Å². The van der Waals surface area contributed by atoms with Gasteiger partial charge in [0.15, 0.2) is 0 Å². The van der Waals surface area contributed by atoms with Crippen molar-refractivity contribution in [1.82, 2.24) is 20.4 Å². The fourth-order valence-electron chi connectivity index (χ4n) is 2.23. The van der Waals surface area contributed by atoms with Crippen molar-refractivity contribution < 1.29 is 14.5 Å². The van der Waals surface area contributed by atoms with Crippen LogP contribution in [0.15, 0.2) is 36.5 Å². The first-order chi connectivity index (χ1) is 11.6. The normalized spacial score (nSPS) is 10.5. The number of carbonyl (C=O) groups excluding carboxylic acids is 1. The maximum Gasteiger partial charge on any atom is 0.354 e. The summed E-state index contributed by atoms with van der Waals surface area (Å²) in [6, 6.07) is 7.60. The molecule has 3 aromatic rings. The van der Waals surface area contributed by atoms with E-state index in [-0.39, 0.29) is 12.3 Å². The number of rotatable bonds is 5. The number of hydrogen-bond donors (Lipinski definition) is 2. The van der Waals surface area contributed by atoms with E-state index in [0.29, 0.717) is 28.2 Å². The fraction of sp³-hybridized carbons (Fsp3) is 0.133. The van der Waals surface area contributed by atoms with Gasteiger partial charge in [-0.25, -0.2) is 4.79 Å². The van der Waals surface area contributed by atoms with E-state index in [0.717, 1.165) is 0 Å².